The van der Waals surface area contributed by atoms with Crippen LogP contribution in [0.1, 0.15) is 45.2 Å². The first-order chi connectivity index (χ1) is 9.06. The highest BCUT2D eigenvalue weighted by molar-refractivity contribution is 9.10. The number of hydrogen-bond acceptors (Lipinski definition) is 2. The number of likely N-dealkylation sites (N-methyl/N-ethyl adjacent to an activating group) is 1. The fourth-order valence-electron chi connectivity index (χ4n) is 2.68. The van der Waals surface area contributed by atoms with E-state index in [2.05, 4.69) is 35.1 Å². The van der Waals surface area contributed by atoms with Gasteiger partial charge in [-0.2, -0.15) is 0 Å². The van der Waals surface area contributed by atoms with Gasteiger partial charge in [0.1, 0.15) is 5.82 Å². The van der Waals surface area contributed by atoms with Gasteiger partial charge in [0.05, 0.1) is 16.1 Å². The van der Waals surface area contributed by atoms with Crippen LogP contribution < -0.4 is 5.32 Å². The molecular weight excluding hydrogens is 309 g/mol. The Morgan fingerprint density at radius 2 is 1.95 bits per heavy atom. The third-order valence-corrected chi connectivity index (χ3v) is 4.35. The molecule has 0 aromatic heterocycles. The lowest BCUT2D eigenvalue weighted by molar-refractivity contribution is -0.0724. The van der Waals surface area contributed by atoms with Gasteiger partial charge in [-0.15, -0.1) is 0 Å². The predicted molar refractivity (Wildman–Crippen MR) is 80.8 cm³/mol. The van der Waals surface area contributed by atoms with E-state index in [1.807, 2.05) is 26.1 Å². The van der Waals surface area contributed by atoms with Crippen LogP contribution in [0, 0.1) is 5.82 Å². The maximum absolute atomic E-state index is 14.3. The van der Waals surface area contributed by atoms with Crippen molar-refractivity contribution in [3.63, 3.8) is 0 Å². The Bertz CT molecular complexity index is 407. The molecule has 1 rings (SSSR count). The van der Waals surface area contributed by atoms with Gasteiger partial charge >= 0.3 is 0 Å². The molecule has 0 aliphatic rings. The summed E-state index contributed by atoms with van der Waals surface area (Å²) in [7, 11) is 1.85. The van der Waals surface area contributed by atoms with E-state index in [0.29, 0.717) is 16.6 Å². The number of benzene rings is 1. The van der Waals surface area contributed by atoms with Crippen molar-refractivity contribution >= 4 is 15.9 Å². The topological polar surface area (TPSA) is 21.3 Å². The summed E-state index contributed by atoms with van der Waals surface area (Å²) in [5.41, 5.74) is 0.263. The van der Waals surface area contributed by atoms with E-state index in [1.165, 1.54) is 0 Å². The molecule has 4 heteroatoms. The summed E-state index contributed by atoms with van der Waals surface area (Å²) in [6, 6.07) is 5.22. The molecule has 1 aromatic carbocycles. The summed E-state index contributed by atoms with van der Waals surface area (Å²) in [5.74, 6) is -0.215. The van der Waals surface area contributed by atoms with Crippen molar-refractivity contribution in [1.82, 2.24) is 5.32 Å². The van der Waals surface area contributed by atoms with Gasteiger partial charge in [0.2, 0.25) is 0 Å². The number of nitrogens with one attached hydrogen (secondary N) is 1. The molecule has 0 amide bonds. The smallest absolute Gasteiger partial charge is 0.142 e. The normalized spacial score (nSPS) is 13.6. The van der Waals surface area contributed by atoms with Crippen molar-refractivity contribution in [2.24, 2.45) is 0 Å². The number of halogens is 2. The Hall–Kier alpha value is -0.450. The van der Waals surface area contributed by atoms with E-state index in [1.54, 1.807) is 6.07 Å². The SMILES string of the molecule is CCOC(CC)(CC)C(NC)c1cccc(Br)c1F. The molecule has 1 unspecified atom stereocenters. The molecule has 0 aliphatic carbocycles. The van der Waals surface area contributed by atoms with E-state index >= 15 is 0 Å². The van der Waals surface area contributed by atoms with Crippen LogP contribution in [-0.4, -0.2) is 19.3 Å². The van der Waals surface area contributed by atoms with Crippen LogP contribution in [0.4, 0.5) is 4.39 Å². The minimum absolute atomic E-state index is 0.167. The molecule has 0 aliphatic heterocycles. The third kappa shape index (κ3) is 3.36. The molecule has 0 bridgehead atoms. The quantitative estimate of drug-likeness (QED) is 0.797. The molecule has 0 spiro atoms. The van der Waals surface area contributed by atoms with Crippen LogP contribution in [-0.2, 0) is 4.74 Å². The Balaban J connectivity index is 3.27. The van der Waals surface area contributed by atoms with Gasteiger partial charge in [0.25, 0.3) is 0 Å². The van der Waals surface area contributed by atoms with Gasteiger partial charge in [0.15, 0.2) is 0 Å². The zero-order valence-electron chi connectivity index (χ0n) is 12.1. The van der Waals surface area contributed by atoms with Crippen molar-refractivity contribution < 1.29 is 9.13 Å². The maximum Gasteiger partial charge on any atom is 0.142 e. The highest BCUT2D eigenvalue weighted by Crippen LogP contribution is 2.37. The van der Waals surface area contributed by atoms with Crippen molar-refractivity contribution in [3.8, 4) is 0 Å². The predicted octanol–water partition coefficient (Wildman–Crippen LogP) is 4.44. The third-order valence-electron chi connectivity index (χ3n) is 3.74. The summed E-state index contributed by atoms with van der Waals surface area (Å²) >= 11 is 3.25. The lowest BCUT2D eigenvalue weighted by Crippen LogP contribution is -2.44. The molecule has 19 heavy (non-hydrogen) atoms. The molecule has 0 saturated heterocycles. The largest absolute Gasteiger partial charge is 0.373 e. The van der Waals surface area contributed by atoms with Crippen molar-refractivity contribution in [1.29, 1.82) is 0 Å². The van der Waals surface area contributed by atoms with Crippen molar-refractivity contribution in [3.05, 3.63) is 34.1 Å². The van der Waals surface area contributed by atoms with Gasteiger partial charge in [-0.05, 0) is 48.8 Å². The van der Waals surface area contributed by atoms with Crippen LogP contribution in [0.2, 0.25) is 0 Å². The van der Waals surface area contributed by atoms with Crippen LogP contribution in [0.25, 0.3) is 0 Å². The summed E-state index contributed by atoms with van der Waals surface area (Å²) < 4.78 is 20.8. The fraction of sp³-hybridized carbons (Fsp3) is 0.600. The van der Waals surface area contributed by atoms with E-state index in [9.17, 15) is 4.39 Å². The highest BCUT2D eigenvalue weighted by Gasteiger charge is 2.38. The zero-order chi connectivity index (χ0) is 14.5. The van der Waals surface area contributed by atoms with E-state index in [4.69, 9.17) is 4.74 Å². The Morgan fingerprint density at radius 3 is 2.42 bits per heavy atom. The monoisotopic (exact) mass is 331 g/mol. The highest BCUT2D eigenvalue weighted by atomic mass is 79.9. The van der Waals surface area contributed by atoms with Gasteiger partial charge in [0, 0.05) is 12.2 Å². The van der Waals surface area contributed by atoms with Crippen LogP contribution in [0.5, 0.6) is 0 Å². The van der Waals surface area contributed by atoms with Crippen molar-refractivity contribution in [2.75, 3.05) is 13.7 Å². The van der Waals surface area contributed by atoms with Gasteiger partial charge < -0.3 is 10.1 Å². The maximum atomic E-state index is 14.3. The molecule has 0 radical (unpaired) electrons. The Kier molecular flexibility index (Phi) is 6.43. The second kappa shape index (κ2) is 7.36. The van der Waals surface area contributed by atoms with E-state index in [0.717, 1.165) is 12.8 Å². The van der Waals surface area contributed by atoms with Crippen LogP contribution in [0.3, 0.4) is 0 Å². The zero-order valence-corrected chi connectivity index (χ0v) is 13.7. The molecule has 108 valence electrons. The summed E-state index contributed by atoms with van der Waals surface area (Å²) in [4.78, 5) is 0. The van der Waals surface area contributed by atoms with Gasteiger partial charge in [-0.3, -0.25) is 0 Å². The molecule has 0 saturated carbocycles. The van der Waals surface area contributed by atoms with Crippen LogP contribution >= 0.6 is 15.9 Å². The van der Waals surface area contributed by atoms with Gasteiger partial charge in [-0.25, -0.2) is 4.39 Å². The van der Waals surface area contributed by atoms with Crippen LogP contribution in [0.15, 0.2) is 22.7 Å². The second-order valence-corrected chi connectivity index (χ2v) is 5.42. The first-order valence-corrected chi connectivity index (χ1v) is 7.60. The molecule has 0 fully saturated rings. The minimum atomic E-state index is -0.384. The average Bonchev–Trinajstić information content (AvgIpc) is 2.43. The fourth-order valence-corrected chi connectivity index (χ4v) is 3.06. The van der Waals surface area contributed by atoms with Gasteiger partial charge in [-0.1, -0.05) is 26.0 Å². The summed E-state index contributed by atoms with van der Waals surface area (Å²) in [6.07, 6.45) is 1.66. The summed E-state index contributed by atoms with van der Waals surface area (Å²) in [5, 5.41) is 3.23. The van der Waals surface area contributed by atoms with E-state index in [-0.39, 0.29) is 17.5 Å². The van der Waals surface area contributed by atoms with E-state index < -0.39 is 0 Å². The number of ether oxygens (including phenoxy) is 1. The average molecular weight is 332 g/mol. The van der Waals surface area contributed by atoms with Crippen molar-refractivity contribution in [2.45, 2.75) is 45.3 Å². The lowest BCUT2D eigenvalue weighted by Gasteiger charge is -2.39. The standard InChI is InChI=1S/C15H23BrFNO/c1-5-15(6-2,19-7-3)14(18-4)11-9-8-10-12(16)13(11)17/h8-10,14,18H,5-7H2,1-4H3. The Labute approximate surface area is 123 Å². The summed E-state index contributed by atoms with van der Waals surface area (Å²) in [6.45, 7) is 6.76. The minimum Gasteiger partial charge on any atom is -0.373 e. The second-order valence-electron chi connectivity index (χ2n) is 4.57. The molecule has 1 aromatic rings. The number of rotatable bonds is 7. The lowest BCUT2D eigenvalue weighted by atomic mass is 9.83. The molecular formula is C15H23BrFNO. The molecule has 2 nitrogen and oxygen atoms in total. The number of hydrogen-bond donors (Lipinski definition) is 1. The first kappa shape index (κ1) is 16.6. The molecule has 0 heterocycles. The molecule has 1 atom stereocenters. The Morgan fingerprint density at radius 1 is 1.32 bits per heavy atom. The molecule has 1 N–H and O–H groups in total. The first-order valence-electron chi connectivity index (χ1n) is 6.81.